The summed E-state index contributed by atoms with van der Waals surface area (Å²) in [7, 11) is 0. The van der Waals surface area contributed by atoms with Crippen LogP contribution in [0.25, 0.3) is 10.9 Å². The summed E-state index contributed by atoms with van der Waals surface area (Å²) < 4.78 is 12.6. The highest BCUT2D eigenvalue weighted by Crippen LogP contribution is 2.31. The summed E-state index contributed by atoms with van der Waals surface area (Å²) in [4.78, 5) is 6.94. The van der Waals surface area contributed by atoms with E-state index in [1.165, 1.54) is 0 Å². The van der Waals surface area contributed by atoms with Crippen LogP contribution in [0.5, 0.6) is 17.2 Å². The predicted octanol–water partition coefficient (Wildman–Crippen LogP) is 5.05. The third-order valence-corrected chi connectivity index (χ3v) is 5.56. The van der Waals surface area contributed by atoms with Crippen molar-refractivity contribution in [3.63, 3.8) is 0 Å². The van der Waals surface area contributed by atoms with Crippen LogP contribution < -0.4 is 14.4 Å². The van der Waals surface area contributed by atoms with E-state index in [0.29, 0.717) is 6.54 Å². The summed E-state index contributed by atoms with van der Waals surface area (Å²) in [6, 6.07) is 29.0. The number of benzene rings is 3. The number of piperidine rings is 1. The van der Waals surface area contributed by atoms with Crippen LogP contribution in [0.1, 0.15) is 6.42 Å². The Bertz CT molecular complexity index is 1150. The van der Waals surface area contributed by atoms with Crippen LogP contribution in [0.3, 0.4) is 0 Å². The maximum Gasteiger partial charge on any atom is 0.153 e. The second-order valence-electron chi connectivity index (χ2n) is 7.69. The predicted molar refractivity (Wildman–Crippen MR) is 122 cm³/mol. The van der Waals surface area contributed by atoms with Gasteiger partial charge in [-0.15, -0.1) is 0 Å². The van der Waals surface area contributed by atoms with Crippen molar-refractivity contribution in [1.82, 2.24) is 4.98 Å². The number of pyridine rings is 1. The number of nitrogens with zero attached hydrogens (tertiary/aromatic N) is 2. The van der Waals surface area contributed by atoms with Gasteiger partial charge in [0.1, 0.15) is 29.2 Å². The molecule has 5 heteroatoms. The van der Waals surface area contributed by atoms with Gasteiger partial charge in [-0.2, -0.15) is 0 Å². The lowest BCUT2D eigenvalue weighted by Gasteiger charge is -2.39. The highest BCUT2D eigenvalue weighted by molar-refractivity contribution is 5.86. The molecular weight excluding hydrogens is 388 g/mol. The van der Waals surface area contributed by atoms with Crippen molar-refractivity contribution in [3.8, 4) is 17.2 Å². The Balaban J connectivity index is 1.41. The summed E-state index contributed by atoms with van der Waals surface area (Å²) in [6.07, 6.45) is 0.501. The second-order valence-corrected chi connectivity index (χ2v) is 7.69. The Morgan fingerprint density at radius 3 is 2.10 bits per heavy atom. The molecule has 2 unspecified atom stereocenters. The summed E-state index contributed by atoms with van der Waals surface area (Å²) in [6.45, 7) is 1.37. The summed E-state index contributed by atoms with van der Waals surface area (Å²) >= 11 is 0. The van der Waals surface area contributed by atoms with Gasteiger partial charge in [0.15, 0.2) is 6.10 Å². The zero-order chi connectivity index (χ0) is 21.0. The molecule has 5 rings (SSSR count). The smallest absolute Gasteiger partial charge is 0.153 e. The standard InChI is InChI=1S/C26H24N2O3/c29-23-17-26(27-22-14-8-7-13-21(22)23)28-16-15-24(30-19-9-3-1-4-10-19)25(18-28)31-20-11-5-2-6-12-20/h1-14,17,24-25H,15-16,18H2,(H,27,29). The van der Waals surface area contributed by atoms with Crippen LogP contribution in [-0.4, -0.2) is 35.4 Å². The molecule has 0 radical (unpaired) electrons. The molecule has 5 nitrogen and oxygen atoms in total. The molecule has 0 amide bonds. The summed E-state index contributed by atoms with van der Waals surface area (Å²) in [5.74, 6) is 2.63. The van der Waals surface area contributed by atoms with Crippen molar-refractivity contribution < 1.29 is 14.6 Å². The number of hydrogen-bond donors (Lipinski definition) is 1. The van der Waals surface area contributed by atoms with E-state index in [9.17, 15) is 5.11 Å². The van der Waals surface area contributed by atoms with Gasteiger partial charge in [0.05, 0.1) is 12.1 Å². The van der Waals surface area contributed by atoms with Crippen molar-refractivity contribution in [3.05, 3.63) is 91.0 Å². The molecule has 0 saturated carbocycles. The Morgan fingerprint density at radius 2 is 1.39 bits per heavy atom. The molecule has 1 aliphatic heterocycles. The maximum atomic E-state index is 10.5. The van der Waals surface area contributed by atoms with E-state index in [1.807, 2.05) is 84.9 Å². The molecule has 1 aliphatic rings. The number of para-hydroxylation sites is 3. The molecule has 1 aromatic heterocycles. The number of aromatic nitrogens is 1. The van der Waals surface area contributed by atoms with E-state index in [-0.39, 0.29) is 18.0 Å². The van der Waals surface area contributed by atoms with Gasteiger partial charge in [0, 0.05) is 24.4 Å². The third kappa shape index (κ3) is 4.26. The topological polar surface area (TPSA) is 54.8 Å². The van der Waals surface area contributed by atoms with Gasteiger partial charge < -0.3 is 19.5 Å². The first-order valence-corrected chi connectivity index (χ1v) is 10.5. The van der Waals surface area contributed by atoms with Gasteiger partial charge in [-0.3, -0.25) is 0 Å². The molecule has 1 fully saturated rings. The van der Waals surface area contributed by atoms with E-state index < -0.39 is 0 Å². The average molecular weight is 412 g/mol. The van der Waals surface area contributed by atoms with Gasteiger partial charge in [-0.05, 0) is 36.4 Å². The Kier molecular flexibility index (Phi) is 5.31. The van der Waals surface area contributed by atoms with E-state index in [1.54, 1.807) is 6.07 Å². The molecule has 1 saturated heterocycles. The van der Waals surface area contributed by atoms with Gasteiger partial charge >= 0.3 is 0 Å². The number of fused-ring (bicyclic) bond motifs is 1. The minimum atomic E-state index is -0.188. The summed E-state index contributed by atoms with van der Waals surface area (Å²) in [5.41, 5.74) is 0.778. The fraction of sp³-hybridized carbons (Fsp3) is 0.192. The zero-order valence-electron chi connectivity index (χ0n) is 17.1. The fourth-order valence-electron chi connectivity index (χ4n) is 4.00. The Hall–Kier alpha value is -3.73. The Labute approximate surface area is 181 Å². The molecule has 0 spiro atoms. The molecule has 2 heterocycles. The van der Waals surface area contributed by atoms with Crippen molar-refractivity contribution in [1.29, 1.82) is 0 Å². The maximum absolute atomic E-state index is 10.5. The molecule has 31 heavy (non-hydrogen) atoms. The minimum absolute atomic E-state index is 0.0899. The number of hydrogen-bond acceptors (Lipinski definition) is 5. The monoisotopic (exact) mass is 412 g/mol. The normalized spacial score (nSPS) is 18.6. The van der Waals surface area contributed by atoms with E-state index in [0.717, 1.165) is 41.2 Å². The largest absolute Gasteiger partial charge is 0.507 e. The van der Waals surface area contributed by atoms with Crippen molar-refractivity contribution >= 4 is 16.7 Å². The molecule has 156 valence electrons. The lowest BCUT2D eigenvalue weighted by molar-refractivity contribution is 0.0403. The van der Waals surface area contributed by atoms with Crippen LogP contribution in [0.15, 0.2) is 91.0 Å². The van der Waals surface area contributed by atoms with E-state index in [2.05, 4.69) is 4.90 Å². The summed E-state index contributed by atoms with van der Waals surface area (Å²) in [5, 5.41) is 11.3. The lowest BCUT2D eigenvalue weighted by atomic mass is 10.0. The number of rotatable bonds is 5. The van der Waals surface area contributed by atoms with E-state index in [4.69, 9.17) is 14.5 Å². The fourth-order valence-corrected chi connectivity index (χ4v) is 4.00. The number of aromatic hydroxyl groups is 1. The first-order valence-electron chi connectivity index (χ1n) is 10.5. The lowest BCUT2D eigenvalue weighted by Crippen LogP contribution is -2.52. The first kappa shape index (κ1) is 19.2. The van der Waals surface area contributed by atoms with Crippen molar-refractivity contribution in [2.75, 3.05) is 18.0 Å². The minimum Gasteiger partial charge on any atom is -0.507 e. The highest BCUT2D eigenvalue weighted by Gasteiger charge is 2.33. The Morgan fingerprint density at radius 1 is 0.774 bits per heavy atom. The molecule has 0 aliphatic carbocycles. The zero-order valence-corrected chi connectivity index (χ0v) is 17.1. The van der Waals surface area contributed by atoms with E-state index >= 15 is 0 Å². The molecule has 4 aromatic rings. The second kappa shape index (κ2) is 8.56. The quantitative estimate of drug-likeness (QED) is 0.497. The van der Waals surface area contributed by atoms with Gasteiger partial charge in [-0.1, -0.05) is 48.5 Å². The van der Waals surface area contributed by atoms with Crippen LogP contribution in [0.4, 0.5) is 5.82 Å². The van der Waals surface area contributed by atoms with Gasteiger partial charge in [0.2, 0.25) is 0 Å². The van der Waals surface area contributed by atoms with Crippen molar-refractivity contribution in [2.24, 2.45) is 0 Å². The van der Waals surface area contributed by atoms with Crippen LogP contribution in [0, 0.1) is 0 Å². The molecule has 2 atom stereocenters. The first-order chi connectivity index (χ1) is 15.3. The van der Waals surface area contributed by atoms with Crippen LogP contribution >= 0.6 is 0 Å². The molecule has 1 N–H and O–H groups in total. The highest BCUT2D eigenvalue weighted by atomic mass is 16.5. The van der Waals surface area contributed by atoms with Crippen molar-refractivity contribution in [2.45, 2.75) is 18.6 Å². The average Bonchev–Trinajstić information content (AvgIpc) is 2.81. The van der Waals surface area contributed by atoms with Crippen LogP contribution in [-0.2, 0) is 0 Å². The molecule has 3 aromatic carbocycles. The van der Waals surface area contributed by atoms with Gasteiger partial charge in [-0.25, -0.2) is 4.98 Å². The third-order valence-electron chi connectivity index (χ3n) is 5.56. The SMILES string of the molecule is Oc1cc(N2CCC(Oc3ccccc3)C(Oc3ccccc3)C2)nc2ccccc12. The molecular formula is C26H24N2O3. The number of anilines is 1. The van der Waals surface area contributed by atoms with Gasteiger partial charge in [0.25, 0.3) is 0 Å². The number of ether oxygens (including phenoxy) is 2. The molecule has 0 bridgehead atoms. The van der Waals surface area contributed by atoms with Crippen LogP contribution in [0.2, 0.25) is 0 Å².